The molecule has 1 aromatic heterocycles. The molecule has 0 saturated heterocycles. The van der Waals surface area contributed by atoms with E-state index in [1.165, 1.54) is 11.1 Å². The van der Waals surface area contributed by atoms with Gasteiger partial charge < -0.3 is 10.6 Å². The van der Waals surface area contributed by atoms with Crippen LogP contribution >= 0.6 is 35.3 Å². The van der Waals surface area contributed by atoms with Crippen LogP contribution < -0.4 is 10.6 Å². The highest BCUT2D eigenvalue weighted by Gasteiger charge is 2.21. The predicted octanol–water partition coefficient (Wildman–Crippen LogP) is 2.63. The van der Waals surface area contributed by atoms with Gasteiger partial charge in [0.25, 0.3) is 0 Å². The minimum Gasteiger partial charge on any atom is -0.357 e. The first kappa shape index (κ1) is 22.6. The van der Waals surface area contributed by atoms with Crippen molar-refractivity contribution in [1.29, 1.82) is 0 Å². The van der Waals surface area contributed by atoms with E-state index in [4.69, 9.17) is 0 Å². The monoisotopic (exact) mass is 473 g/mol. The Kier molecular flexibility index (Phi) is 10.3. The third-order valence-electron chi connectivity index (χ3n) is 3.15. The number of rotatable bonds is 8. The molecule has 0 saturated carbocycles. The van der Waals surface area contributed by atoms with Gasteiger partial charge in [0.05, 0.1) is 12.3 Å². The maximum Gasteiger partial charge on any atom is 0.191 e. The highest BCUT2D eigenvalue weighted by molar-refractivity contribution is 14.0. The van der Waals surface area contributed by atoms with E-state index in [-0.39, 0.29) is 35.1 Å². The van der Waals surface area contributed by atoms with Crippen molar-refractivity contribution in [3.05, 3.63) is 22.4 Å². The molecule has 134 valence electrons. The molecule has 0 unspecified atom stereocenters. The second-order valence-corrected chi connectivity index (χ2v) is 9.17. The van der Waals surface area contributed by atoms with Gasteiger partial charge in [0, 0.05) is 29.6 Å². The molecule has 5 nitrogen and oxygen atoms in total. The molecule has 1 heterocycles. The summed E-state index contributed by atoms with van der Waals surface area (Å²) < 4.78 is 22.2. The highest BCUT2D eigenvalue weighted by atomic mass is 127. The lowest BCUT2D eigenvalue weighted by Gasteiger charge is -2.21. The molecular formula is C15H28IN3O2S2. The molecule has 8 heteroatoms. The maximum absolute atomic E-state index is 11.1. The second-order valence-electron chi connectivity index (χ2n) is 5.97. The van der Waals surface area contributed by atoms with Crippen LogP contribution in [0.1, 0.15) is 32.1 Å². The van der Waals surface area contributed by atoms with E-state index >= 15 is 0 Å². The first-order valence-corrected chi connectivity index (χ1v) is 10.4. The summed E-state index contributed by atoms with van der Waals surface area (Å²) in [5, 5.41) is 8.46. The summed E-state index contributed by atoms with van der Waals surface area (Å²) in [6, 6.07) is 4.19. The standard InChI is InChI=1S/C15H27N3O2S2.HI/c1-5-16-14(17-9-7-11-22(4,19)20)18-12-15(2,3)13-8-6-10-21-13;/h6,8,10H,5,7,9,11-12H2,1-4H3,(H2,16,17,18);1H. The van der Waals surface area contributed by atoms with Crippen molar-refractivity contribution < 1.29 is 8.42 Å². The number of nitrogens with zero attached hydrogens (tertiary/aromatic N) is 1. The Morgan fingerprint density at radius 1 is 1.35 bits per heavy atom. The maximum atomic E-state index is 11.1. The van der Waals surface area contributed by atoms with Crippen molar-refractivity contribution in [2.45, 2.75) is 32.6 Å². The molecule has 1 aromatic rings. The van der Waals surface area contributed by atoms with E-state index in [1.807, 2.05) is 6.92 Å². The molecule has 0 amide bonds. The van der Waals surface area contributed by atoms with E-state index in [9.17, 15) is 8.42 Å². The van der Waals surface area contributed by atoms with E-state index in [2.05, 4.69) is 47.0 Å². The summed E-state index contributed by atoms with van der Waals surface area (Å²) >= 11 is 1.74. The van der Waals surface area contributed by atoms with Gasteiger partial charge in [-0.2, -0.15) is 0 Å². The van der Waals surface area contributed by atoms with E-state index < -0.39 is 9.84 Å². The van der Waals surface area contributed by atoms with Crippen LogP contribution in [0.25, 0.3) is 0 Å². The summed E-state index contributed by atoms with van der Waals surface area (Å²) in [6.07, 6.45) is 1.84. The molecule has 0 bridgehead atoms. The largest absolute Gasteiger partial charge is 0.357 e. The van der Waals surface area contributed by atoms with Crippen LogP contribution in [0, 0.1) is 0 Å². The van der Waals surface area contributed by atoms with Crippen molar-refractivity contribution in [3.8, 4) is 0 Å². The predicted molar refractivity (Wildman–Crippen MR) is 111 cm³/mol. The molecule has 0 spiro atoms. The average Bonchev–Trinajstić information content (AvgIpc) is 2.94. The zero-order chi connectivity index (χ0) is 16.6. The Morgan fingerprint density at radius 3 is 2.57 bits per heavy atom. The molecule has 23 heavy (non-hydrogen) atoms. The SMILES string of the molecule is CCNC(=NCC(C)(C)c1cccs1)NCCCS(C)(=O)=O.I. The van der Waals surface area contributed by atoms with Crippen LogP contribution in [0.15, 0.2) is 22.5 Å². The lowest BCUT2D eigenvalue weighted by molar-refractivity contribution is 0.548. The van der Waals surface area contributed by atoms with Crippen molar-refractivity contribution in [2.24, 2.45) is 4.99 Å². The number of hydrogen-bond donors (Lipinski definition) is 2. The number of nitrogens with one attached hydrogen (secondary N) is 2. The van der Waals surface area contributed by atoms with Crippen molar-refractivity contribution >= 4 is 51.1 Å². The smallest absolute Gasteiger partial charge is 0.191 e. The summed E-state index contributed by atoms with van der Waals surface area (Å²) in [7, 11) is -2.90. The molecule has 0 radical (unpaired) electrons. The lowest BCUT2D eigenvalue weighted by Crippen LogP contribution is -2.39. The van der Waals surface area contributed by atoms with E-state index in [1.54, 1.807) is 11.3 Å². The van der Waals surface area contributed by atoms with Crippen molar-refractivity contribution in [2.75, 3.05) is 31.6 Å². The fourth-order valence-corrected chi connectivity index (χ4v) is 3.41. The summed E-state index contributed by atoms with van der Waals surface area (Å²) in [5.74, 6) is 0.931. The first-order chi connectivity index (χ1) is 10.2. The quantitative estimate of drug-likeness (QED) is 0.264. The topological polar surface area (TPSA) is 70.6 Å². The van der Waals surface area contributed by atoms with Crippen LogP contribution in [0.5, 0.6) is 0 Å². The fraction of sp³-hybridized carbons (Fsp3) is 0.667. The third-order valence-corrected chi connectivity index (χ3v) is 5.42. The number of aliphatic imine (C=N–C) groups is 1. The van der Waals surface area contributed by atoms with Gasteiger partial charge in [-0.1, -0.05) is 19.9 Å². The van der Waals surface area contributed by atoms with Crippen molar-refractivity contribution in [1.82, 2.24) is 10.6 Å². The highest BCUT2D eigenvalue weighted by Crippen LogP contribution is 2.27. The Balaban J connectivity index is 0.00000484. The van der Waals surface area contributed by atoms with Gasteiger partial charge in [0.15, 0.2) is 5.96 Å². The Labute approximate surface area is 161 Å². The van der Waals surface area contributed by atoms with Gasteiger partial charge in [0.1, 0.15) is 9.84 Å². The normalized spacial score (nSPS) is 12.6. The molecular weight excluding hydrogens is 445 g/mol. The average molecular weight is 473 g/mol. The molecule has 0 aliphatic carbocycles. The molecule has 0 atom stereocenters. The molecule has 0 aliphatic rings. The van der Waals surface area contributed by atoms with Crippen LogP contribution in [0.4, 0.5) is 0 Å². The lowest BCUT2D eigenvalue weighted by atomic mass is 9.92. The van der Waals surface area contributed by atoms with Gasteiger partial charge in [0.2, 0.25) is 0 Å². The number of thiophene rings is 1. The zero-order valence-electron chi connectivity index (χ0n) is 14.3. The number of sulfone groups is 1. The van der Waals surface area contributed by atoms with Gasteiger partial charge >= 0.3 is 0 Å². The van der Waals surface area contributed by atoms with Gasteiger partial charge in [-0.25, -0.2) is 8.42 Å². The minimum atomic E-state index is -2.90. The number of halogens is 1. The van der Waals surface area contributed by atoms with Crippen molar-refractivity contribution in [3.63, 3.8) is 0 Å². The summed E-state index contributed by atoms with van der Waals surface area (Å²) in [4.78, 5) is 5.94. The minimum absolute atomic E-state index is 0. The zero-order valence-corrected chi connectivity index (χ0v) is 18.2. The first-order valence-electron chi connectivity index (χ1n) is 7.48. The van der Waals surface area contributed by atoms with Crippen LogP contribution in [0.3, 0.4) is 0 Å². The van der Waals surface area contributed by atoms with Crippen LogP contribution in [-0.4, -0.2) is 46.0 Å². The second kappa shape index (κ2) is 10.5. The number of hydrogen-bond acceptors (Lipinski definition) is 4. The van der Waals surface area contributed by atoms with Crippen LogP contribution in [0.2, 0.25) is 0 Å². The molecule has 0 aromatic carbocycles. The summed E-state index contributed by atoms with van der Waals surface area (Å²) in [5.41, 5.74) is -0.0106. The van der Waals surface area contributed by atoms with Crippen LogP contribution in [-0.2, 0) is 15.3 Å². The Hall–Kier alpha value is -0.350. The molecule has 2 N–H and O–H groups in total. The van der Waals surface area contributed by atoms with E-state index in [0.29, 0.717) is 19.5 Å². The Morgan fingerprint density at radius 2 is 2.04 bits per heavy atom. The van der Waals surface area contributed by atoms with Gasteiger partial charge in [-0.15, -0.1) is 35.3 Å². The third kappa shape index (κ3) is 9.51. The summed E-state index contributed by atoms with van der Waals surface area (Å²) in [6.45, 7) is 8.41. The fourth-order valence-electron chi connectivity index (χ4n) is 1.90. The Bertz CT molecular complexity index is 570. The van der Waals surface area contributed by atoms with E-state index in [0.717, 1.165) is 12.5 Å². The molecule has 0 fully saturated rings. The molecule has 0 aliphatic heterocycles. The van der Waals surface area contributed by atoms with Gasteiger partial charge in [-0.05, 0) is 24.8 Å². The number of guanidine groups is 1. The van der Waals surface area contributed by atoms with Gasteiger partial charge in [-0.3, -0.25) is 4.99 Å². The molecule has 1 rings (SSSR count).